The molecule has 5 rings (SSSR count). The Morgan fingerprint density at radius 3 is 2.08 bits per heavy atom. The molecule has 272 valence electrons. The van der Waals surface area contributed by atoms with Crippen LogP contribution in [0, 0.1) is 0 Å². The van der Waals surface area contributed by atoms with Crippen LogP contribution >= 0.6 is 0 Å². The monoisotopic (exact) mass is 714 g/mol. The number of allylic oxidation sites excluding steroid dienone is 2. The Morgan fingerprint density at radius 1 is 0.887 bits per heavy atom. The van der Waals surface area contributed by atoms with Crippen LogP contribution in [0.2, 0.25) is 0 Å². The molecule has 3 amide bonds. The number of ether oxygens (including phenoxy) is 2. The number of carbonyl (C=O) groups is 3. The number of carbonyl (C=O) groups excluding carboxylic acids is 3. The lowest BCUT2D eigenvalue weighted by Crippen LogP contribution is -2.41. The highest BCUT2D eigenvalue weighted by molar-refractivity contribution is 6.02. The fourth-order valence-corrected chi connectivity index (χ4v) is 6.29. The molecule has 12 heteroatoms. The maximum absolute atomic E-state index is 14.3. The van der Waals surface area contributed by atoms with Crippen molar-refractivity contribution in [3.05, 3.63) is 168 Å². The molecule has 1 atom stereocenters. The van der Waals surface area contributed by atoms with Crippen LogP contribution in [-0.2, 0) is 39.4 Å². The second-order valence-electron chi connectivity index (χ2n) is 12.5. The normalized spacial score (nSPS) is 14.3. The van der Waals surface area contributed by atoms with Gasteiger partial charge in [0.05, 0.1) is 6.20 Å². The molecular formula is C41H42N6O6. The third kappa shape index (κ3) is 9.03. The fraction of sp³-hybridized carbons (Fsp3) is 0.220. The van der Waals surface area contributed by atoms with Gasteiger partial charge in [0.15, 0.2) is 0 Å². The van der Waals surface area contributed by atoms with Crippen molar-refractivity contribution in [1.82, 2.24) is 14.9 Å². The number of hydrogen-bond donors (Lipinski definition) is 2. The van der Waals surface area contributed by atoms with Gasteiger partial charge in [0.1, 0.15) is 36.6 Å². The first kappa shape index (κ1) is 37.7. The predicted octanol–water partition coefficient (Wildman–Crippen LogP) is 6.27. The van der Waals surface area contributed by atoms with Gasteiger partial charge in [-0.1, -0.05) is 103 Å². The van der Waals surface area contributed by atoms with E-state index in [9.17, 15) is 19.2 Å². The molecule has 0 fully saturated rings. The SMILES string of the molecule is C=CCN(C(=O)OCc1ccccc1)c1cnc2n(c1=O)[C@H](C(=O)NCc1ccc(C(N)=NC(=O)OCc3ccccc3)cc1)CC2(CC=C)CC=C. The Morgan fingerprint density at radius 2 is 1.49 bits per heavy atom. The number of benzene rings is 3. The number of nitrogens with two attached hydrogens (primary N) is 1. The summed E-state index contributed by atoms with van der Waals surface area (Å²) in [5.74, 6) is -0.0153. The molecular weight excluding hydrogens is 672 g/mol. The fourth-order valence-electron chi connectivity index (χ4n) is 6.29. The van der Waals surface area contributed by atoms with Gasteiger partial charge in [-0.15, -0.1) is 19.7 Å². The highest BCUT2D eigenvalue weighted by Crippen LogP contribution is 2.45. The Balaban J connectivity index is 1.33. The summed E-state index contributed by atoms with van der Waals surface area (Å²) in [6.45, 7) is 11.8. The highest BCUT2D eigenvalue weighted by Gasteiger charge is 2.47. The van der Waals surface area contributed by atoms with Gasteiger partial charge < -0.3 is 20.5 Å². The van der Waals surface area contributed by atoms with Crippen LogP contribution in [0.3, 0.4) is 0 Å². The minimum Gasteiger partial charge on any atom is -0.444 e. The number of amidine groups is 1. The number of nitrogens with zero attached hydrogens (tertiary/aromatic N) is 4. The van der Waals surface area contributed by atoms with Crippen LogP contribution < -0.4 is 21.5 Å². The summed E-state index contributed by atoms with van der Waals surface area (Å²) in [5.41, 5.74) is 7.57. The number of anilines is 1. The van der Waals surface area contributed by atoms with Crippen LogP contribution in [0.25, 0.3) is 0 Å². The average molecular weight is 715 g/mol. The van der Waals surface area contributed by atoms with E-state index < -0.39 is 35.1 Å². The first-order chi connectivity index (χ1) is 25.7. The van der Waals surface area contributed by atoms with E-state index in [2.05, 4.69) is 35.0 Å². The molecule has 1 aromatic heterocycles. The van der Waals surface area contributed by atoms with E-state index in [4.69, 9.17) is 15.2 Å². The summed E-state index contributed by atoms with van der Waals surface area (Å²) in [4.78, 5) is 63.4. The average Bonchev–Trinajstić information content (AvgIpc) is 3.50. The molecule has 0 aliphatic carbocycles. The summed E-state index contributed by atoms with van der Waals surface area (Å²) in [5, 5.41) is 2.94. The van der Waals surface area contributed by atoms with Gasteiger partial charge in [0.25, 0.3) is 5.56 Å². The maximum Gasteiger partial charge on any atom is 0.435 e. The first-order valence-corrected chi connectivity index (χ1v) is 17.0. The Bertz CT molecular complexity index is 2030. The Labute approximate surface area is 308 Å². The molecule has 2 heterocycles. The molecule has 0 saturated carbocycles. The number of amides is 3. The minimum absolute atomic E-state index is 0.00149. The molecule has 0 saturated heterocycles. The number of hydrogen-bond acceptors (Lipinski definition) is 7. The zero-order chi connectivity index (χ0) is 37.8. The summed E-state index contributed by atoms with van der Waals surface area (Å²) in [6, 6.07) is 24.3. The molecule has 3 N–H and O–H groups in total. The first-order valence-electron chi connectivity index (χ1n) is 17.0. The molecule has 0 spiro atoms. The van der Waals surface area contributed by atoms with E-state index in [0.29, 0.717) is 24.2 Å². The largest absolute Gasteiger partial charge is 0.444 e. The molecule has 0 bridgehead atoms. The maximum atomic E-state index is 14.3. The lowest BCUT2D eigenvalue weighted by molar-refractivity contribution is -0.124. The van der Waals surface area contributed by atoms with Crippen molar-refractivity contribution in [2.45, 2.75) is 50.5 Å². The summed E-state index contributed by atoms with van der Waals surface area (Å²) >= 11 is 0. The second kappa shape index (κ2) is 17.6. The lowest BCUT2D eigenvalue weighted by atomic mass is 9.77. The molecule has 0 radical (unpaired) electrons. The van der Waals surface area contributed by atoms with Gasteiger partial charge in [0.2, 0.25) is 5.91 Å². The molecule has 1 aliphatic rings. The van der Waals surface area contributed by atoms with Gasteiger partial charge in [-0.25, -0.2) is 14.6 Å². The van der Waals surface area contributed by atoms with E-state index >= 15 is 0 Å². The van der Waals surface area contributed by atoms with Crippen molar-refractivity contribution in [2.24, 2.45) is 10.7 Å². The molecule has 53 heavy (non-hydrogen) atoms. The van der Waals surface area contributed by atoms with Gasteiger partial charge >= 0.3 is 12.2 Å². The number of aromatic nitrogens is 2. The molecule has 1 aliphatic heterocycles. The lowest BCUT2D eigenvalue weighted by Gasteiger charge is -2.26. The van der Waals surface area contributed by atoms with E-state index in [1.165, 1.54) is 16.8 Å². The smallest absolute Gasteiger partial charge is 0.435 e. The number of nitrogens with one attached hydrogen (secondary N) is 1. The van der Waals surface area contributed by atoms with Crippen LogP contribution in [0.4, 0.5) is 15.3 Å². The molecule has 4 aromatic rings. The van der Waals surface area contributed by atoms with Gasteiger partial charge in [-0.05, 0) is 36.0 Å². The topological polar surface area (TPSA) is 158 Å². The summed E-state index contributed by atoms with van der Waals surface area (Å²) < 4.78 is 12.1. The van der Waals surface area contributed by atoms with Crippen molar-refractivity contribution in [1.29, 1.82) is 0 Å². The van der Waals surface area contributed by atoms with Crippen LogP contribution in [0.15, 0.2) is 139 Å². The van der Waals surface area contributed by atoms with E-state index in [1.807, 2.05) is 60.7 Å². The zero-order valence-corrected chi connectivity index (χ0v) is 29.4. The standard InChI is InChI=1S/C41H42N6O6/c1-4-21-41(22-5-2)24-33(47-37(49)34(26-44-38(41)47)46(23-6-3)40(51)53-28-31-15-11-8-12-16-31)36(48)43-25-29-17-19-32(20-18-29)35(42)45-39(50)52-27-30-13-9-7-10-14-30/h4-20,26,33H,1-3,21-25,27-28H2,(H,43,48)(H2,42,45,50)/t33-/m0/s1. The van der Waals surface area contributed by atoms with Gasteiger partial charge in [0, 0.05) is 24.1 Å². The van der Waals surface area contributed by atoms with Crippen molar-refractivity contribution in [3.63, 3.8) is 0 Å². The number of fused-ring (bicyclic) bond motifs is 1. The third-order valence-electron chi connectivity index (χ3n) is 8.88. The zero-order valence-electron chi connectivity index (χ0n) is 29.4. The van der Waals surface area contributed by atoms with Crippen molar-refractivity contribution in [2.75, 3.05) is 11.4 Å². The van der Waals surface area contributed by atoms with Crippen molar-refractivity contribution < 1.29 is 23.9 Å². The van der Waals surface area contributed by atoms with E-state index in [-0.39, 0.29) is 44.2 Å². The van der Waals surface area contributed by atoms with Crippen molar-refractivity contribution >= 4 is 29.6 Å². The predicted molar refractivity (Wildman–Crippen MR) is 203 cm³/mol. The molecule has 0 unspecified atom stereocenters. The second-order valence-corrected chi connectivity index (χ2v) is 12.5. The van der Waals surface area contributed by atoms with Crippen molar-refractivity contribution in [3.8, 4) is 0 Å². The van der Waals surface area contributed by atoms with Gasteiger partial charge in [-0.2, -0.15) is 4.99 Å². The Kier molecular flexibility index (Phi) is 12.5. The molecule has 12 nitrogen and oxygen atoms in total. The van der Waals surface area contributed by atoms with Gasteiger partial charge in [-0.3, -0.25) is 19.1 Å². The van der Waals surface area contributed by atoms with E-state index in [0.717, 1.165) is 21.6 Å². The number of rotatable bonds is 15. The van der Waals surface area contributed by atoms with Crippen LogP contribution in [0.1, 0.15) is 53.4 Å². The quantitative estimate of drug-likeness (QED) is 0.0829. The van der Waals surface area contributed by atoms with E-state index in [1.54, 1.807) is 36.4 Å². The van der Waals surface area contributed by atoms with Crippen LogP contribution in [0.5, 0.6) is 0 Å². The number of aliphatic imine (C=N–C) groups is 1. The highest BCUT2D eigenvalue weighted by atomic mass is 16.6. The van der Waals surface area contributed by atoms with Crippen LogP contribution in [-0.4, -0.2) is 40.0 Å². The summed E-state index contributed by atoms with van der Waals surface area (Å²) in [7, 11) is 0. The molecule has 3 aromatic carbocycles. The minimum atomic E-state index is -0.945. The summed E-state index contributed by atoms with van der Waals surface area (Å²) in [6.07, 6.45) is 5.87. The Hall–Kier alpha value is -6.56. The third-order valence-corrected chi connectivity index (χ3v) is 8.88.